The van der Waals surface area contributed by atoms with E-state index < -0.39 is 0 Å². The molecule has 0 spiro atoms. The third-order valence-corrected chi connectivity index (χ3v) is 4.43. The zero-order chi connectivity index (χ0) is 15.3. The number of hydrogen-bond acceptors (Lipinski definition) is 2. The monoisotopic (exact) mass is 289 g/mol. The Morgan fingerprint density at radius 3 is 2.86 bits per heavy atom. The van der Waals surface area contributed by atoms with E-state index in [0.717, 1.165) is 11.3 Å². The number of fused-ring (bicyclic) bond motifs is 3. The van der Waals surface area contributed by atoms with Gasteiger partial charge in [-0.05, 0) is 31.4 Å². The average Bonchev–Trinajstić information content (AvgIpc) is 2.90. The van der Waals surface area contributed by atoms with Gasteiger partial charge in [0.1, 0.15) is 11.3 Å². The summed E-state index contributed by atoms with van der Waals surface area (Å²) in [4.78, 5) is 2.30. The summed E-state index contributed by atoms with van der Waals surface area (Å²) in [5.74, 6) is 2.15. The number of rotatable bonds is 1. The molecule has 0 saturated carbocycles. The maximum absolute atomic E-state index is 5.98. The molecule has 0 unspecified atom stereocenters. The Balaban J connectivity index is 1.88. The van der Waals surface area contributed by atoms with Crippen molar-refractivity contribution in [2.75, 3.05) is 4.81 Å². The minimum atomic E-state index is 0.233. The predicted octanol–water partition coefficient (Wildman–Crippen LogP) is 2.88. The zero-order valence-electron chi connectivity index (χ0n) is 13.1. The molecule has 0 radical (unpaired) electrons. The third-order valence-electron chi connectivity index (χ3n) is 4.43. The summed E-state index contributed by atoms with van der Waals surface area (Å²) in [5.41, 5.74) is 3.48. The van der Waals surface area contributed by atoms with Crippen molar-refractivity contribution in [1.29, 1.82) is 0 Å². The molecular formula is C18H18BN2O+. The first-order valence-corrected chi connectivity index (χ1v) is 7.59. The Morgan fingerprint density at radius 1 is 1.18 bits per heavy atom. The molecule has 108 valence electrons. The van der Waals surface area contributed by atoms with Gasteiger partial charge < -0.3 is 4.42 Å². The van der Waals surface area contributed by atoms with E-state index in [4.69, 9.17) is 4.42 Å². The van der Waals surface area contributed by atoms with E-state index in [1.807, 2.05) is 12.1 Å². The molecule has 3 heterocycles. The number of para-hydroxylation sites is 1. The first kappa shape index (κ1) is 13.2. The molecule has 22 heavy (non-hydrogen) atoms. The number of hydrogen-bond donors (Lipinski definition) is 0. The Hall–Kier alpha value is -2.49. The van der Waals surface area contributed by atoms with Gasteiger partial charge in [0.2, 0.25) is 0 Å². The van der Waals surface area contributed by atoms with E-state index >= 15 is 0 Å². The average molecular weight is 289 g/mol. The van der Waals surface area contributed by atoms with Crippen LogP contribution in [-0.2, 0) is 7.05 Å². The number of nitrogens with zero attached hydrogens (tertiary/aromatic N) is 2. The van der Waals surface area contributed by atoms with E-state index in [9.17, 15) is 0 Å². The van der Waals surface area contributed by atoms with Crippen LogP contribution in [0.3, 0.4) is 0 Å². The maximum Gasteiger partial charge on any atom is 0.413 e. The molecule has 0 atom stereocenters. The highest BCUT2D eigenvalue weighted by Gasteiger charge is 2.37. The molecule has 1 aromatic carbocycles. The van der Waals surface area contributed by atoms with Gasteiger partial charge >= 0.3 is 6.85 Å². The van der Waals surface area contributed by atoms with Crippen LogP contribution in [0.5, 0.6) is 0 Å². The van der Waals surface area contributed by atoms with Crippen molar-refractivity contribution in [3.8, 4) is 0 Å². The zero-order valence-corrected chi connectivity index (χ0v) is 13.1. The SMILES string of the molecule is CB1c2c(oc3ccccc23)C=CN1c1cc(C)cc[n+]1C. The molecule has 4 rings (SSSR count). The summed E-state index contributed by atoms with van der Waals surface area (Å²) in [6, 6.07) is 12.6. The first-order chi connectivity index (χ1) is 10.6. The largest absolute Gasteiger partial charge is 0.457 e. The molecule has 1 aliphatic heterocycles. The summed E-state index contributed by atoms with van der Waals surface area (Å²) in [6.45, 7) is 4.59. The second kappa shape index (κ2) is 4.77. The lowest BCUT2D eigenvalue weighted by Gasteiger charge is -2.22. The topological polar surface area (TPSA) is 20.3 Å². The van der Waals surface area contributed by atoms with Crippen molar-refractivity contribution in [3.63, 3.8) is 0 Å². The van der Waals surface area contributed by atoms with E-state index in [0.29, 0.717) is 0 Å². The quantitative estimate of drug-likeness (QED) is 0.507. The Bertz CT molecular complexity index is 897. The van der Waals surface area contributed by atoms with Crippen LogP contribution in [0.2, 0.25) is 6.82 Å². The van der Waals surface area contributed by atoms with Gasteiger partial charge in [-0.15, -0.1) is 0 Å². The van der Waals surface area contributed by atoms with Crippen LogP contribution in [0.1, 0.15) is 11.3 Å². The van der Waals surface area contributed by atoms with E-state index in [1.165, 1.54) is 22.2 Å². The van der Waals surface area contributed by atoms with Crippen LogP contribution >= 0.6 is 0 Å². The smallest absolute Gasteiger partial charge is 0.413 e. The highest BCUT2D eigenvalue weighted by Crippen LogP contribution is 2.25. The first-order valence-electron chi connectivity index (χ1n) is 7.59. The third kappa shape index (κ3) is 1.87. The normalized spacial score (nSPS) is 13.8. The van der Waals surface area contributed by atoms with Crippen molar-refractivity contribution < 1.29 is 8.98 Å². The van der Waals surface area contributed by atoms with Gasteiger partial charge in [-0.2, -0.15) is 0 Å². The maximum atomic E-state index is 5.98. The molecular weight excluding hydrogens is 271 g/mol. The fourth-order valence-electron chi connectivity index (χ4n) is 3.25. The van der Waals surface area contributed by atoms with Gasteiger partial charge in [-0.1, -0.05) is 18.2 Å². The van der Waals surface area contributed by atoms with Crippen LogP contribution in [-0.4, -0.2) is 6.85 Å². The highest BCUT2D eigenvalue weighted by molar-refractivity contribution is 6.79. The number of aryl methyl sites for hydroxylation is 2. The fourth-order valence-corrected chi connectivity index (χ4v) is 3.25. The summed E-state index contributed by atoms with van der Waals surface area (Å²) >= 11 is 0. The second-order valence-electron chi connectivity index (χ2n) is 5.95. The molecule has 4 heteroatoms. The minimum absolute atomic E-state index is 0.233. The van der Waals surface area contributed by atoms with Crippen molar-refractivity contribution >= 4 is 35.2 Å². The van der Waals surface area contributed by atoms with Crippen molar-refractivity contribution in [1.82, 2.24) is 0 Å². The van der Waals surface area contributed by atoms with Crippen LogP contribution in [0.15, 0.2) is 53.2 Å². The number of furan rings is 1. The molecule has 0 saturated heterocycles. The van der Waals surface area contributed by atoms with E-state index in [-0.39, 0.29) is 6.85 Å². The molecule has 3 aromatic rings. The Labute approximate surface area is 130 Å². The van der Waals surface area contributed by atoms with Crippen LogP contribution < -0.4 is 14.8 Å². The van der Waals surface area contributed by atoms with Crippen molar-refractivity contribution in [3.05, 3.63) is 60.1 Å². The molecule has 3 nitrogen and oxygen atoms in total. The Kier molecular flexibility index (Phi) is 2.86. The number of benzene rings is 1. The molecule has 2 aromatic heterocycles. The lowest BCUT2D eigenvalue weighted by Crippen LogP contribution is -2.50. The molecule has 1 aliphatic rings. The minimum Gasteiger partial charge on any atom is -0.457 e. The molecule has 0 aliphatic carbocycles. The van der Waals surface area contributed by atoms with Gasteiger partial charge in [0, 0.05) is 23.0 Å². The van der Waals surface area contributed by atoms with Gasteiger partial charge in [0.15, 0.2) is 0 Å². The fraction of sp³-hybridized carbons (Fsp3) is 0.167. The van der Waals surface area contributed by atoms with Crippen LogP contribution in [0.25, 0.3) is 17.0 Å². The number of pyridine rings is 1. The van der Waals surface area contributed by atoms with Crippen molar-refractivity contribution in [2.45, 2.75) is 13.7 Å². The molecule has 0 fully saturated rings. The second-order valence-corrected chi connectivity index (χ2v) is 5.95. The van der Waals surface area contributed by atoms with Gasteiger partial charge in [0.25, 0.3) is 5.82 Å². The Morgan fingerprint density at radius 2 is 2.00 bits per heavy atom. The van der Waals surface area contributed by atoms with Crippen molar-refractivity contribution in [2.24, 2.45) is 7.05 Å². The summed E-state index contributed by atoms with van der Waals surface area (Å²) in [6.07, 6.45) is 6.29. The number of anilines is 1. The standard InChI is InChI=1S/C18H18BN2O/c1-13-8-10-20(3)17(12-13)21-11-9-16-18(19(21)2)14-6-4-5-7-15(14)22-16/h4-12H,1-3H3/q+1. The van der Waals surface area contributed by atoms with E-state index in [1.54, 1.807) is 0 Å². The molecule has 0 bridgehead atoms. The molecule has 0 N–H and O–H groups in total. The van der Waals surface area contributed by atoms with Gasteiger partial charge in [-0.3, -0.25) is 4.81 Å². The van der Waals surface area contributed by atoms with Crippen LogP contribution in [0.4, 0.5) is 5.82 Å². The predicted molar refractivity (Wildman–Crippen MR) is 91.3 cm³/mol. The molecule has 0 amide bonds. The summed E-state index contributed by atoms with van der Waals surface area (Å²) in [5, 5.41) is 1.20. The lowest BCUT2D eigenvalue weighted by molar-refractivity contribution is -0.658. The van der Waals surface area contributed by atoms with Crippen LogP contribution in [0, 0.1) is 6.92 Å². The van der Waals surface area contributed by atoms with E-state index in [2.05, 4.69) is 72.9 Å². The summed E-state index contributed by atoms with van der Waals surface area (Å²) in [7, 11) is 2.08. The lowest BCUT2D eigenvalue weighted by atomic mass is 9.54. The highest BCUT2D eigenvalue weighted by atomic mass is 16.3. The summed E-state index contributed by atoms with van der Waals surface area (Å²) < 4.78 is 8.13. The van der Waals surface area contributed by atoms with Gasteiger partial charge in [-0.25, -0.2) is 4.57 Å². The number of aromatic nitrogens is 1. The van der Waals surface area contributed by atoms with Gasteiger partial charge in [0.05, 0.1) is 19.4 Å².